The Labute approximate surface area is 188 Å². The standard InChI is InChI=1S/C22H21ClN4O3S/c1-12-17(10-18(31-12)20-25-22(30-26-20)13-4-2-5-13)24-21(29)14-8-19(28)27(11-14)16-7-3-6-15(23)9-16/h3,6-7,9-10,13-14H,2,4-5,8,11H2,1H3,(H,24,29)/t14-/m1/s1. The first-order valence-electron chi connectivity index (χ1n) is 10.3. The molecule has 1 saturated heterocycles. The Morgan fingerprint density at radius 1 is 1.32 bits per heavy atom. The van der Waals surface area contributed by atoms with E-state index in [4.69, 9.17) is 16.1 Å². The third kappa shape index (κ3) is 3.97. The van der Waals surface area contributed by atoms with E-state index in [9.17, 15) is 9.59 Å². The summed E-state index contributed by atoms with van der Waals surface area (Å²) in [6.45, 7) is 2.27. The molecular formula is C22H21ClN4O3S. The number of nitrogens with zero attached hydrogens (tertiary/aromatic N) is 3. The molecule has 3 aromatic rings. The molecule has 0 spiro atoms. The second-order valence-corrected chi connectivity index (χ2v) is 9.73. The maximum Gasteiger partial charge on any atom is 0.230 e. The Hall–Kier alpha value is -2.71. The second kappa shape index (κ2) is 8.09. The van der Waals surface area contributed by atoms with Gasteiger partial charge in [0, 0.05) is 34.5 Å². The van der Waals surface area contributed by atoms with Crippen LogP contribution in [-0.4, -0.2) is 28.5 Å². The Morgan fingerprint density at radius 2 is 2.16 bits per heavy atom. The fraction of sp³-hybridized carbons (Fsp3) is 0.364. The van der Waals surface area contributed by atoms with E-state index in [2.05, 4.69) is 15.5 Å². The highest BCUT2D eigenvalue weighted by Crippen LogP contribution is 2.38. The van der Waals surface area contributed by atoms with Crippen molar-refractivity contribution in [3.63, 3.8) is 0 Å². The number of carbonyl (C=O) groups is 2. The number of anilines is 2. The van der Waals surface area contributed by atoms with Crippen LogP contribution in [0.3, 0.4) is 0 Å². The lowest BCUT2D eigenvalue weighted by atomic mass is 9.85. The topological polar surface area (TPSA) is 88.3 Å². The molecule has 1 saturated carbocycles. The number of halogens is 1. The third-order valence-electron chi connectivity index (χ3n) is 5.91. The van der Waals surface area contributed by atoms with Crippen LogP contribution >= 0.6 is 22.9 Å². The molecule has 2 fully saturated rings. The first-order chi connectivity index (χ1) is 15.0. The Bertz CT molecular complexity index is 1150. The maximum absolute atomic E-state index is 12.9. The zero-order valence-corrected chi connectivity index (χ0v) is 18.5. The van der Waals surface area contributed by atoms with Crippen LogP contribution in [0.2, 0.25) is 5.02 Å². The lowest BCUT2D eigenvalue weighted by Gasteiger charge is -2.20. The minimum atomic E-state index is -0.426. The lowest BCUT2D eigenvalue weighted by molar-refractivity contribution is -0.122. The monoisotopic (exact) mass is 456 g/mol. The van der Waals surface area contributed by atoms with E-state index in [0.717, 1.165) is 22.6 Å². The summed E-state index contributed by atoms with van der Waals surface area (Å²) in [6.07, 6.45) is 3.57. The molecule has 5 rings (SSSR count). The normalized spacial score (nSPS) is 19.0. The first kappa shape index (κ1) is 20.2. The van der Waals surface area contributed by atoms with Crippen molar-refractivity contribution in [3.05, 3.63) is 46.1 Å². The van der Waals surface area contributed by atoms with Crippen molar-refractivity contribution >= 4 is 46.1 Å². The van der Waals surface area contributed by atoms with Gasteiger partial charge in [0.1, 0.15) is 0 Å². The molecule has 0 unspecified atom stereocenters. The number of nitrogens with one attached hydrogen (secondary N) is 1. The third-order valence-corrected chi connectivity index (χ3v) is 7.19. The van der Waals surface area contributed by atoms with Gasteiger partial charge in [-0.25, -0.2) is 0 Å². The number of benzene rings is 1. The van der Waals surface area contributed by atoms with E-state index in [-0.39, 0.29) is 18.2 Å². The molecule has 160 valence electrons. The van der Waals surface area contributed by atoms with Gasteiger partial charge >= 0.3 is 0 Å². The molecule has 7 nitrogen and oxygen atoms in total. The van der Waals surface area contributed by atoms with Gasteiger partial charge in [0.2, 0.25) is 23.5 Å². The van der Waals surface area contributed by atoms with Gasteiger partial charge in [0.15, 0.2) is 0 Å². The molecule has 2 aromatic heterocycles. The average Bonchev–Trinajstić information content (AvgIpc) is 3.40. The summed E-state index contributed by atoms with van der Waals surface area (Å²) in [5.41, 5.74) is 1.43. The largest absolute Gasteiger partial charge is 0.339 e. The molecule has 1 aliphatic carbocycles. The van der Waals surface area contributed by atoms with Crippen LogP contribution in [0.15, 0.2) is 34.9 Å². The SMILES string of the molecule is Cc1sc(-c2noc(C3CCC3)n2)cc1NC(=O)[C@@H]1CC(=O)N(c2cccc(Cl)c2)C1. The van der Waals surface area contributed by atoms with E-state index < -0.39 is 5.92 Å². The molecule has 9 heteroatoms. The molecule has 2 aliphatic rings. The Balaban J connectivity index is 1.27. The highest BCUT2D eigenvalue weighted by atomic mass is 35.5. The summed E-state index contributed by atoms with van der Waals surface area (Å²) in [7, 11) is 0. The highest BCUT2D eigenvalue weighted by Gasteiger charge is 2.35. The van der Waals surface area contributed by atoms with E-state index in [1.807, 2.05) is 19.1 Å². The number of rotatable bonds is 5. The van der Waals surface area contributed by atoms with Crippen LogP contribution in [0.1, 0.15) is 42.4 Å². The number of amides is 2. The van der Waals surface area contributed by atoms with Crippen LogP contribution < -0.4 is 10.2 Å². The molecule has 3 heterocycles. The number of carbonyl (C=O) groups excluding carboxylic acids is 2. The summed E-state index contributed by atoms with van der Waals surface area (Å²) in [6, 6.07) is 8.98. The summed E-state index contributed by atoms with van der Waals surface area (Å²) < 4.78 is 5.41. The van der Waals surface area contributed by atoms with Crippen LogP contribution in [0.4, 0.5) is 11.4 Å². The quantitative estimate of drug-likeness (QED) is 0.582. The molecule has 2 amide bonds. The van der Waals surface area contributed by atoms with E-state index >= 15 is 0 Å². The zero-order chi connectivity index (χ0) is 21.5. The fourth-order valence-corrected chi connectivity index (χ4v) is 4.97. The number of thiophene rings is 1. The predicted molar refractivity (Wildman–Crippen MR) is 119 cm³/mol. The Morgan fingerprint density at radius 3 is 2.90 bits per heavy atom. The van der Waals surface area contributed by atoms with Gasteiger partial charge in [0.05, 0.1) is 16.5 Å². The van der Waals surface area contributed by atoms with Crippen molar-refractivity contribution in [2.75, 3.05) is 16.8 Å². The van der Waals surface area contributed by atoms with Crippen LogP contribution in [-0.2, 0) is 9.59 Å². The molecule has 0 radical (unpaired) electrons. The number of aryl methyl sites for hydroxylation is 1. The van der Waals surface area contributed by atoms with E-state index in [1.165, 1.54) is 17.8 Å². The second-order valence-electron chi connectivity index (χ2n) is 8.04. The van der Waals surface area contributed by atoms with E-state index in [1.54, 1.807) is 23.1 Å². The summed E-state index contributed by atoms with van der Waals surface area (Å²) in [4.78, 5) is 33.3. The lowest BCUT2D eigenvalue weighted by Crippen LogP contribution is -2.28. The number of hydrogen-bond donors (Lipinski definition) is 1. The minimum Gasteiger partial charge on any atom is -0.339 e. The van der Waals surface area contributed by atoms with Crippen molar-refractivity contribution in [1.29, 1.82) is 0 Å². The average molecular weight is 457 g/mol. The van der Waals surface area contributed by atoms with Crippen molar-refractivity contribution in [2.24, 2.45) is 5.92 Å². The van der Waals surface area contributed by atoms with Gasteiger partial charge in [0.25, 0.3) is 0 Å². The van der Waals surface area contributed by atoms with Gasteiger partial charge in [-0.3, -0.25) is 9.59 Å². The molecule has 31 heavy (non-hydrogen) atoms. The smallest absolute Gasteiger partial charge is 0.230 e. The van der Waals surface area contributed by atoms with Gasteiger partial charge in [-0.15, -0.1) is 11.3 Å². The van der Waals surface area contributed by atoms with Gasteiger partial charge in [-0.1, -0.05) is 29.2 Å². The number of hydrogen-bond acceptors (Lipinski definition) is 6. The summed E-state index contributed by atoms with van der Waals surface area (Å²) in [5, 5.41) is 7.65. The van der Waals surface area contributed by atoms with Crippen molar-refractivity contribution in [1.82, 2.24) is 10.1 Å². The molecule has 1 atom stereocenters. The van der Waals surface area contributed by atoms with Gasteiger partial charge in [-0.2, -0.15) is 4.98 Å². The molecule has 1 N–H and O–H groups in total. The van der Waals surface area contributed by atoms with Crippen molar-refractivity contribution < 1.29 is 14.1 Å². The molecule has 1 aromatic carbocycles. The van der Waals surface area contributed by atoms with Crippen molar-refractivity contribution in [3.8, 4) is 10.7 Å². The molecule has 1 aliphatic heterocycles. The summed E-state index contributed by atoms with van der Waals surface area (Å²) in [5.74, 6) is 0.949. The van der Waals surface area contributed by atoms with Crippen LogP contribution in [0.5, 0.6) is 0 Å². The van der Waals surface area contributed by atoms with Gasteiger partial charge < -0.3 is 14.7 Å². The molecular weight excluding hydrogens is 436 g/mol. The maximum atomic E-state index is 12.9. The molecule has 0 bridgehead atoms. The van der Waals surface area contributed by atoms with Crippen LogP contribution in [0.25, 0.3) is 10.7 Å². The first-order valence-corrected chi connectivity index (χ1v) is 11.5. The van der Waals surface area contributed by atoms with Crippen LogP contribution in [0, 0.1) is 12.8 Å². The summed E-state index contributed by atoms with van der Waals surface area (Å²) >= 11 is 7.56. The minimum absolute atomic E-state index is 0.0829. The fourth-order valence-electron chi connectivity index (χ4n) is 3.88. The zero-order valence-electron chi connectivity index (χ0n) is 16.9. The van der Waals surface area contributed by atoms with Gasteiger partial charge in [-0.05, 0) is 44.0 Å². The Kier molecular flexibility index (Phi) is 5.27. The van der Waals surface area contributed by atoms with Crippen molar-refractivity contribution in [2.45, 2.75) is 38.5 Å². The predicted octanol–water partition coefficient (Wildman–Crippen LogP) is 5.02. The number of aromatic nitrogens is 2. The highest BCUT2D eigenvalue weighted by molar-refractivity contribution is 7.16. The van der Waals surface area contributed by atoms with E-state index in [0.29, 0.717) is 40.6 Å².